The number of allylic oxidation sites excluding steroid dienone is 6. The highest BCUT2D eigenvalue weighted by molar-refractivity contribution is 5.70. The van der Waals surface area contributed by atoms with Gasteiger partial charge >= 0.3 is 0 Å². The minimum Gasteiger partial charge on any atom is -0.461 e. The molecule has 0 spiro atoms. The summed E-state index contributed by atoms with van der Waals surface area (Å²) in [7, 11) is 0. The molecule has 34 heavy (non-hydrogen) atoms. The molecule has 0 amide bonds. The van der Waals surface area contributed by atoms with E-state index in [9.17, 15) is 10.5 Å². The van der Waals surface area contributed by atoms with Crippen LogP contribution in [-0.4, -0.2) is 6.54 Å². The van der Waals surface area contributed by atoms with Crippen LogP contribution in [0, 0.1) is 28.1 Å². The normalized spacial score (nSPS) is 17.5. The number of nitrogens with one attached hydrogen (secondary N) is 1. The lowest BCUT2D eigenvalue weighted by molar-refractivity contribution is 0.223. The Morgan fingerprint density at radius 2 is 1.76 bits per heavy atom. The van der Waals surface area contributed by atoms with Gasteiger partial charge in [-0.15, -0.1) is 0 Å². The summed E-state index contributed by atoms with van der Waals surface area (Å²) >= 11 is 0. The fraction of sp³-hybridized carbons (Fsp3) is 0.467. The predicted octanol–water partition coefficient (Wildman–Crippen LogP) is 7.67. The summed E-state index contributed by atoms with van der Waals surface area (Å²) in [6, 6.07) is 8.57. The van der Waals surface area contributed by atoms with Crippen LogP contribution >= 0.6 is 0 Å². The molecule has 1 aromatic carbocycles. The monoisotopic (exact) mass is 455 g/mol. The number of fused-ring (bicyclic) bond motifs is 1. The summed E-state index contributed by atoms with van der Waals surface area (Å²) in [6.45, 7) is 18.6. The molecule has 0 bridgehead atoms. The standard InChI is InChI=1S/C30H37N3O/c1-9-29(5,6)24-14-20(15-25-27(24)33-13-12-30(25,7)8)10-11-23-16-21(22(18-31)19-32)17-26(34-23)28(2,3)4/h10-11,14-17,33H,9,12-13H2,1-8H3/b11-10+. The van der Waals surface area contributed by atoms with Gasteiger partial charge in [0.2, 0.25) is 0 Å². The fourth-order valence-electron chi connectivity index (χ4n) is 4.29. The Balaban J connectivity index is 2.10. The molecule has 3 rings (SSSR count). The molecule has 4 nitrogen and oxygen atoms in total. The van der Waals surface area contributed by atoms with E-state index < -0.39 is 0 Å². The van der Waals surface area contributed by atoms with Gasteiger partial charge in [0, 0.05) is 23.2 Å². The molecule has 1 aromatic rings. The molecule has 178 valence electrons. The number of nitriles is 2. The molecule has 0 radical (unpaired) electrons. The van der Waals surface area contributed by atoms with Crippen LogP contribution < -0.4 is 5.32 Å². The van der Waals surface area contributed by atoms with E-state index in [0.29, 0.717) is 11.3 Å². The molecule has 2 heterocycles. The average molecular weight is 456 g/mol. The minimum absolute atomic E-state index is 0.0432. The molecule has 0 aromatic heterocycles. The molecule has 0 saturated heterocycles. The fourth-order valence-corrected chi connectivity index (χ4v) is 4.29. The Morgan fingerprint density at radius 3 is 2.35 bits per heavy atom. The van der Waals surface area contributed by atoms with Crippen molar-refractivity contribution in [3.8, 4) is 12.1 Å². The zero-order valence-corrected chi connectivity index (χ0v) is 21.9. The summed E-state index contributed by atoms with van der Waals surface area (Å²) in [6.07, 6.45) is 9.73. The molecule has 2 aliphatic rings. The topological polar surface area (TPSA) is 68.8 Å². The maximum Gasteiger partial charge on any atom is 0.137 e. The van der Waals surface area contributed by atoms with Crippen molar-refractivity contribution in [1.82, 2.24) is 0 Å². The SMILES string of the molecule is CCC(C)(C)c1cc(/C=C/C2=CC(=C(C#N)C#N)C=C(C(C)(C)C)O2)cc2c1NCCC2(C)C. The quantitative estimate of drug-likeness (QED) is 0.473. The maximum absolute atomic E-state index is 9.40. The lowest BCUT2D eigenvalue weighted by Gasteiger charge is -2.38. The molecule has 0 aliphatic carbocycles. The van der Waals surface area contributed by atoms with E-state index >= 15 is 0 Å². The summed E-state index contributed by atoms with van der Waals surface area (Å²) < 4.78 is 6.18. The third-order valence-corrected chi connectivity index (χ3v) is 7.06. The molecular formula is C30H37N3O. The second-order valence-electron chi connectivity index (χ2n) is 11.6. The first-order chi connectivity index (χ1) is 15.8. The van der Waals surface area contributed by atoms with Gasteiger partial charge in [0.1, 0.15) is 29.2 Å². The lowest BCUT2D eigenvalue weighted by Crippen LogP contribution is -2.31. The minimum atomic E-state index is -0.256. The van der Waals surface area contributed by atoms with Crippen molar-refractivity contribution in [2.45, 2.75) is 79.1 Å². The van der Waals surface area contributed by atoms with Gasteiger partial charge in [-0.2, -0.15) is 10.5 Å². The molecule has 0 atom stereocenters. The number of hydrogen-bond acceptors (Lipinski definition) is 4. The van der Waals surface area contributed by atoms with E-state index in [2.05, 4.69) is 78.9 Å². The van der Waals surface area contributed by atoms with Crippen molar-refractivity contribution in [2.75, 3.05) is 11.9 Å². The number of rotatable bonds is 4. The molecule has 0 saturated carbocycles. The van der Waals surface area contributed by atoms with Crippen LogP contribution in [0.3, 0.4) is 0 Å². The summed E-state index contributed by atoms with van der Waals surface area (Å²) in [5, 5.41) is 22.5. The van der Waals surface area contributed by atoms with Gasteiger partial charge in [-0.3, -0.25) is 0 Å². The Bertz CT molecular complexity index is 1170. The Hall–Kier alpha value is -3.24. The Kier molecular flexibility index (Phi) is 6.86. The number of nitrogens with zero attached hydrogens (tertiary/aromatic N) is 2. The van der Waals surface area contributed by atoms with Crippen molar-refractivity contribution in [3.63, 3.8) is 0 Å². The van der Waals surface area contributed by atoms with Gasteiger partial charge in [0.25, 0.3) is 0 Å². The van der Waals surface area contributed by atoms with Gasteiger partial charge in [-0.1, -0.05) is 61.5 Å². The lowest BCUT2D eigenvalue weighted by atomic mass is 9.72. The van der Waals surface area contributed by atoms with Gasteiger partial charge in [0.05, 0.1) is 0 Å². The molecule has 1 N–H and O–H groups in total. The highest BCUT2D eigenvalue weighted by Gasteiger charge is 2.33. The second kappa shape index (κ2) is 9.19. The van der Waals surface area contributed by atoms with E-state index in [-0.39, 0.29) is 21.8 Å². The molecule has 4 heteroatoms. The van der Waals surface area contributed by atoms with Crippen LogP contribution in [0.2, 0.25) is 0 Å². The molecule has 0 unspecified atom stereocenters. The summed E-state index contributed by atoms with van der Waals surface area (Å²) in [4.78, 5) is 0. The number of ether oxygens (including phenoxy) is 1. The van der Waals surface area contributed by atoms with Gasteiger partial charge in [-0.05, 0) is 70.7 Å². The number of benzene rings is 1. The Labute approximate surface area is 205 Å². The van der Waals surface area contributed by atoms with E-state index in [1.807, 2.05) is 18.2 Å². The van der Waals surface area contributed by atoms with Gasteiger partial charge < -0.3 is 10.1 Å². The van der Waals surface area contributed by atoms with Gasteiger partial charge in [-0.25, -0.2) is 0 Å². The van der Waals surface area contributed by atoms with Crippen LogP contribution in [0.25, 0.3) is 6.08 Å². The third kappa shape index (κ3) is 5.13. The molecular weight excluding hydrogens is 418 g/mol. The third-order valence-electron chi connectivity index (χ3n) is 7.06. The van der Waals surface area contributed by atoms with Crippen LogP contribution in [-0.2, 0) is 15.6 Å². The van der Waals surface area contributed by atoms with E-state index in [0.717, 1.165) is 30.7 Å². The average Bonchev–Trinajstić information content (AvgIpc) is 2.77. The summed E-state index contributed by atoms with van der Waals surface area (Å²) in [5.74, 6) is 1.35. The first kappa shape index (κ1) is 25.4. The van der Waals surface area contributed by atoms with Gasteiger partial charge in [0.15, 0.2) is 0 Å². The van der Waals surface area contributed by atoms with Crippen LogP contribution in [0.5, 0.6) is 0 Å². The molecule has 0 fully saturated rings. The first-order valence-corrected chi connectivity index (χ1v) is 12.1. The van der Waals surface area contributed by atoms with Crippen LogP contribution in [0.1, 0.15) is 84.9 Å². The van der Waals surface area contributed by atoms with E-state index in [1.54, 1.807) is 12.2 Å². The first-order valence-electron chi connectivity index (χ1n) is 12.1. The maximum atomic E-state index is 9.40. The molecule has 2 aliphatic heterocycles. The van der Waals surface area contributed by atoms with Crippen molar-refractivity contribution in [1.29, 1.82) is 10.5 Å². The Morgan fingerprint density at radius 1 is 1.09 bits per heavy atom. The number of anilines is 1. The van der Waals surface area contributed by atoms with E-state index in [1.165, 1.54) is 16.8 Å². The zero-order valence-electron chi connectivity index (χ0n) is 21.9. The summed E-state index contributed by atoms with van der Waals surface area (Å²) in [5.41, 5.74) is 5.65. The van der Waals surface area contributed by atoms with Crippen molar-refractivity contribution >= 4 is 11.8 Å². The van der Waals surface area contributed by atoms with Crippen molar-refractivity contribution < 1.29 is 4.74 Å². The van der Waals surface area contributed by atoms with E-state index in [4.69, 9.17) is 4.74 Å². The highest BCUT2D eigenvalue weighted by Crippen LogP contribution is 2.44. The van der Waals surface area contributed by atoms with Crippen molar-refractivity contribution in [2.24, 2.45) is 5.41 Å². The number of hydrogen-bond donors (Lipinski definition) is 1. The smallest absolute Gasteiger partial charge is 0.137 e. The van der Waals surface area contributed by atoms with Crippen molar-refractivity contribution in [3.05, 3.63) is 69.7 Å². The second-order valence-corrected chi connectivity index (χ2v) is 11.6. The predicted molar refractivity (Wildman–Crippen MR) is 140 cm³/mol. The highest BCUT2D eigenvalue weighted by atomic mass is 16.5. The van der Waals surface area contributed by atoms with Crippen LogP contribution in [0.4, 0.5) is 5.69 Å². The largest absolute Gasteiger partial charge is 0.461 e. The van der Waals surface area contributed by atoms with Crippen LogP contribution in [0.15, 0.2) is 53.0 Å². The zero-order chi connectivity index (χ0) is 25.3.